The topological polar surface area (TPSA) is 69.0 Å². The number of carbonyl (C=O) groups is 1. The van der Waals surface area contributed by atoms with Gasteiger partial charge >= 0.3 is 0 Å². The third-order valence-corrected chi connectivity index (χ3v) is 5.11. The van der Waals surface area contributed by atoms with Crippen molar-refractivity contribution >= 4 is 5.91 Å². The quantitative estimate of drug-likeness (QED) is 0.922. The highest BCUT2D eigenvalue weighted by atomic mass is 16.1. The zero-order valence-corrected chi connectivity index (χ0v) is 15.3. The molecule has 1 aliphatic heterocycles. The van der Waals surface area contributed by atoms with Gasteiger partial charge in [0.1, 0.15) is 11.8 Å². The molecule has 2 atom stereocenters. The van der Waals surface area contributed by atoms with E-state index < -0.39 is 0 Å². The monoisotopic (exact) mass is 348 g/mol. The summed E-state index contributed by atoms with van der Waals surface area (Å²) in [5, 5.41) is 12.0. The van der Waals surface area contributed by atoms with Gasteiger partial charge in [0.25, 0.3) is 5.91 Å². The van der Waals surface area contributed by atoms with E-state index in [-0.39, 0.29) is 5.91 Å². The number of piperidine rings is 1. The first-order chi connectivity index (χ1) is 12.6. The number of likely N-dealkylation sites (tertiary alicyclic amines) is 1. The van der Waals surface area contributed by atoms with Gasteiger partial charge in [0, 0.05) is 12.6 Å². The number of hydrogen-bond donors (Lipinski definition) is 1. The van der Waals surface area contributed by atoms with Crippen LogP contribution in [0, 0.1) is 24.2 Å². The van der Waals surface area contributed by atoms with Crippen LogP contribution >= 0.6 is 0 Å². The van der Waals surface area contributed by atoms with E-state index in [1.54, 1.807) is 19.1 Å². The summed E-state index contributed by atoms with van der Waals surface area (Å²) in [5.41, 5.74) is 2.74. The molecule has 0 bridgehead atoms. The van der Waals surface area contributed by atoms with Crippen molar-refractivity contribution < 1.29 is 4.79 Å². The molecule has 2 aromatic rings. The van der Waals surface area contributed by atoms with Crippen LogP contribution in [0.2, 0.25) is 0 Å². The number of aryl methyl sites for hydroxylation is 1. The molecule has 26 heavy (non-hydrogen) atoms. The molecule has 1 aromatic carbocycles. The summed E-state index contributed by atoms with van der Waals surface area (Å²) in [6.07, 6.45) is 2.22. The average molecular weight is 348 g/mol. The second-order valence-corrected chi connectivity index (χ2v) is 6.89. The highest BCUT2D eigenvalue weighted by molar-refractivity contribution is 5.92. The lowest BCUT2D eigenvalue weighted by molar-refractivity contribution is 0.0886. The number of hydrogen-bond acceptors (Lipinski definition) is 4. The van der Waals surface area contributed by atoms with Gasteiger partial charge in [0.2, 0.25) is 0 Å². The zero-order valence-electron chi connectivity index (χ0n) is 15.3. The van der Waals surface area contributed by atoms with E-state index in [1.165, 1.54) is 5.56 Å². The molecule has 0 spiro atoms. The molecule has 1 aliphatic rings. The molecule has 134 valence electrons. The molecule has 5 heteroatoms. The van der Waals surface area contributed by atoms with Gasteiger partial charge in [-0.25, -0.2) is 4.98 Å². The number of pyridine rings is 1. The van der Waals surface area contributed by atoms with E-state index >= 15 is 0 Å². The van der Waals surface area contributed by atoms with E-state index in [2.05, 4.69) is 52.6 Å². The molecule has 0 radical (unpaired) electrons. The van der Waals surface area contributed by atoms with Crippen LogP contribution in [0.25, 0.3) is 0 Å². The first-order valence-corrected chi connectivity index (χ1v) is 9.01. The molecule has 1 amide bonds. The summed E-state index contributed by atoms with van der Waals surface area (Å²) in [6, 6.07) is 16.1. The summed E-state index contributed by atoms with van der Waals surface area (Å²) in [7, 11) is 2.15. The van der Waals surface area contributed by atoms with Gasteiger partial charge in [0.05, 0.1) is 11.3 Å². The lowest BCUT2D eigenvalue weighted by atomic mass is 9.85. The molecule has 0 aliphatic carbocycles. The van der Waals surface area contributed by atoms with Gasteiger partial charge in [0.15, 0.2) is 0 Å². The maximum Gasteiger partial charge on any atom is 0.269 e. The van der Waals surface area contributed by atoms with Crippen molar-refractivity contribution in [2.45, 2.75) is 25.8 Å². The van der Waals surface area contributed by atoms with Crippen LogP contribution in [0.15, 0.2) is 42.5 Å². The smallest absolute Gasteiger partial charge is 0.269 e. The zero-order chi connectivity index (χ0) is 18.5. The van der Waals surface area contributed by atoms with Crippen molar-refractivity contribution in [3.63, 3.8) is 0 Å². The lowest BCUT2D eigenvalue weighted by Crippen LogP contribution is -2.41. The molecule has 0 unspecified atom stereocenters. The molecule has 1 saturated heterocycles. The lowest BCUT2D eigenvalue weighted by Gasteiger charge is -2.39. The number of benzene rings is 1. The first-order valence-electron chi connectivity index (χ1n) is 9.01. The highest BCUT2D eigenvalue weighted by Crippen LogP contribution is 2.34. The molecule has 0 saturated carbocycles. The van der Waals surface area contributed by atoms with Crippen molar-refractivity contribution in [1.29, 1.82) is 5.26 Å². The first kappa shape index (κ1) is 18.1. The van der Waals surface area contributed by atoms with Crippen molar-refractivity contribution in [3.8, 4) is 6.07 Å². The molecule has 3 rings (SSSR count). The number of rotatable bonds is 4. The van der Waals surface area contributed by atoms with E-state index in [0.29, 0.717) is 35.5 Å². The number of aromatic nitrogens is 1. The molecule has 5 nitrogen and oxygen atoms in total. The Balaban J connectivity index is 1.70. The Morgan fingerprint density at radius 2 is 2.08 bits per heavy atom. The van der Waals surface area contributed by atoms with E-state index in [4.69, 9.17) is 5.26 Å². The fraction of sp³-hybridized carbons (Fsp3) is 0.381. The third kappa shape index (κ3) is 3.92. The van der Waals surface area contributed by atoms with Crippen molar-refractivity contribution in [1.82, 2.24) is 15.2 Å². The fourth-order valence-corrected chi connectivity index (χ4v) is 3.77. The van der Waals surface area contributed by atoms with Gasteiger partial charge in [-0.05, 0) is 57.0 Å². The Bertz CT molecular complexity index is 813. The summed E-state index contributed by atoms with van der Waals surface area (Å²) in [5.74, 6) is 0.178. The van der Waals surface area contributed by atoms with Crippen LogP contribution in [-0.4, -0.2) is 35.9 Å². The summed E-state index contributed by atoms with van der Waals surface area (Å²) in [4.78, 5) is 19.1. The maximum absolute atomic E-state index is 12.5. The van der Waals surface area contributed by atoms with Crippen molar-refractivity contribution in [2.24, 2.45) is 5.92 Å². The molecule has 1 fully saturated rings. The predicted octanol–water partition coefficient (Wildman–Crippen LogP) is 3.07. The van der Waals surface area contributed by atoms with Crippen molar-refractivity contribution in [2.75, 3.05) is 20.1 Å². The highest BCUT2D eigenvalue weighted by Gasteiger charge is 2.30. The molecular weight excluding hydrogens is 324 g/mol. The van der Waals surface area contributed by atoms with E-state index in [9.17, 15) is 4.79 Å². The van der Waals surface area contributed by atoms with Gasteiger partial charge in [-0.15, -0.1) is 0 Å². The Hall–Kier alpha value is -2.71. The van der Waals surface area contributed by atoms with Crippen LogP contribution in [0.1, 0.15) is 46.2 Å². The number of amides is 1. The number of nitrogens with one attached hydrogen (secondary N) is 1. The standard InChI is InChI=1S/C21H24N4O/c1-15-17(13-22)10-11-19(24-15)21(26)23-14-18-9-6-12-25(2)20(18)16-7-4-3-5-8-16/h3-5,7-8,10-11,18,20H,6,9,12,14H2,1-2H3,(H,23,26)/t18-,20-/m1/s1. The molecule has 2 heterocycles. The van der Waals surface area contributed by atoms with Crippen LogP contribution in [0.4, 0.5) is 0 Å². The average Bonchev–Trinajstić information content (AvgIpc) is 2.66. The maximum atomic E-state index is 12.5. The van der Waals surface area contributed by atoms with Crippen LogP contribution < -0.4 is 5.32 Å². The fourth-order valence-electron chi connectivity index (χ4n) is 3.77. The van der Waals surface area contributed by atoms with Crippen LogP contribution in [0.5, 0.6) is 0 Å². The Morgan fingerprint density at radius 1 is 1.31 bits per heavy atom. The predicted molar refractivity (Wildman–Crippen MR) is 101 cm³/mol. The largest absolute Gasteiger partial charge is 0.350 e. The van der Waals surface area contributed by atoms with Gasteiger partial charge in [-0.2, -0.15) is 5.26 Å². The molecule has 1 aromatic heterocycles. The van der Waals surface area contributed by atoms with Crippen LogP contribution in [-0.2, 0) is 0 Å². The van der Waals surface area contributed by atoms with E-state index in [1.807, 2.05) is 6.07 Å². The van der Waals surface area contributed by atoms with Gasteiger partial charge < -0.3 is 5.32 Å². The number of carbonyl (C=O) groups excluding carboxylic acids is 1. The molecule has 1 N–H and O–H groups in total. The Labute approximate surface area is 154 Å². The number of nitriles is 1. The third-order valence-electron chi connectivity index (χ3n) is 5.11. The second kappa shape index (κ2) is 8.11. The normalized spacial score (nSPS) is 20.3. The van der Waals surface area contributed by atoms with Gasteiger partial charge in [-0.3, -0.25) is 9.69 Å². The molecular formula is C21H24N4O. The Kier molecular flexibility index (Phi) is 5.65. The summed E-state index contributed by atoms with van der Waals surface area (Å²) in [6.45, 7) is 3.43. The van der Waals surface area contributed by atoms with Crippen molar-refractivity contribution in [3.05, 3.63) is 65.0 Å². The minimum Gasteiger partial charge on any atom is -0.350 e. The Morgan fingerprint density at radius 3 is 2.77 bits per heavy atom. The second-order valence-electron chi connectivity index (χ2n) is 6.89. The minimum atomic E-state index is -0.183. The number of nitrogens with zero attached hydrogens (tertiary/aromatic N) is 3. The summed E-state index contributed by atoms with van der Waals surface area (Å²) >= 11 is 0. The van der Waals surface area contributed by atoms with E-state index in [0.717, 1.165) is 19.4 Å². The SMILES string of the molecule is Cc1nc(C(=O)NC[C@H]2CCCN(C)[C@@H]2c2ccccc2)ccc1C#N. The van der Waals surface area contributed by atoms with Gasteiger partial charge in [-0.1, -0.05) is 30.3 Å². The minimum absolute atomic E-state index is 0.183. The summed E-state index contributed by atoms with van der Waals surface area (Å²) < 4.78 is 0. The van der Waals surface area contributed by atoms with Crippen LogP contribution in [0.3, 0.4) is 0 Å².